The van der Waals surface area contributed by atoms with Crippen LogP contribution in [0.2, 0.25) is 0 Å². The monoisotopic (exact) mass is 1390 g/mol. The Bertz CT molecular complexity index is 5250. The first-order chi connectivity index (χ1) is 47.4. The maximum atomic E-state index is 9.16. The fourth-order valence-corrected chi connectivity index (χ4v) is 12.0. The summed E-state index contributed by atoms with van der Waals surface area (Å²) in [6, 6.07) is 55.8. The number of benzene rings is 10. The van der Waals surface area contributed by atoms with Crippen molar-refractivity contribution < 1.29 is 44.1 Å². The van der Waals surface area contributed by atoms with Gasteiger partial charge in [0.15, 0.2) is 0 Å². The van der Waals surface area contributed by atoms with Gasteiger partial charge in [-0.2, -0.15) is 18.2 Å². The second-order valence-corrected chi connectivity index (χ2v) is 29.2. The number of pyridine rings is 1. The van der Waals surface area contributed by atoms with Gasteiger partial charge in [-0.15, -0.1) is 29.7 Å². The SMILES string of the molecule is [2H]c1c([2H])c([2H])c(-c2cccc(-c3c([2H])c([2H])c([2H])c([2H])c3[2H])c2-[n+]2[c-]n(-c3[c-]c(Oc4[c-]c5c(cc4)c4cc(-c6cc(-c7cc(C(C)(C)C)cc(C(C)(C)C)c7)cc(-c7cc(C(C)(C)C)cc(C(C)(C)C)c7)c6)ccc4n5-c4cc(C(C)(C)C)ccn4)ccc3)c3ccccc32)c([2H])c1[2H].[Pt]. The van der Waals surface area contributed by atoms with Gasteiger partial charge in [0.2, 0.25) is 0 Å². The summed E-state index contributed by atoms with van der Waals surface area (Å²) in [6.45, 7) is 34.1. The first-order valence-corrected chi connectivity index (χ1v) is 31.3. The Hall–Kier alpha value is -8.89. The summed E-state index contributed by atoms with van der Waals surface area (Å²) in [6.07, 6.45) is 5.33. The van der Waals surface area contributed by atoms with E-state index in [0.29, 0.717) is 28.2 Å². The van der Waals surface area contributed by atoms with Crippen LogP contribution in [-0.2, 0) is 48.1 Å². The van der Waals surface area contributed by atoms with E-state index in [2.05, 4.69) is 218 Å². The molecule has 0 bridgehead atoms. The molecule has 0 saturated carbocycles. The minimum Gasteiger partial charge on any atom is -0.510 e. The van der Waals surface area contributed by atoms with E-state index in [1.165, 1.54) is 33.4 Å². The predicted molar refractivity (Wildman–Crippen MR) is 381 cm³/mol. The van der Waals surface area contributed by atoms with Crippen molar-refractivity contribution in [2.45, 2.75) is 131 Å². The van der Waals surface area contributed by atoms with E-state index in [1.807, 2.05) is 48.7 Å². The molecule has 3 aromatic heterocycles. The number of aromatic nitrogens is 4. The summed E-state index contributed by atoms with van der Waals surface area (Å²) in [5.74, 6) is 1.48. The minimum atomic E-state index is -0.578. The number of hydrogen-bond acceptors (Lipinski definition) is 2. The van der Waals surface area contributed by atoms with Crippen molar-refractivity contribution in [3.8, 4) is 84.3 Å². The zero-order valence-corrected chi connectivity index (χ0v) is 57.4. The number of ether oxygens (including phenoxy) is 1. The van der Waals surface area contributed by atoms with Crippen LogP contribution in [0.3, 0.4) is 0 Å². The predicted octanol–water partition coefficient (Wildman–Crippen LogP) is 22.4. The summed E-state index contributed by atoms with van der Waals surface area (Å²) in [4.78, 5) is 5.06. The molecule has 0 atom stereocenters. The zero-order chi connectivity index (χ0) is 72.6. The molecular formula is C86H82N4OPt-2. The van der Waals surface area contributed by atoms with Crippen molar-refractivity contribution in [1.82, 2.24) is 14.1 Å². The summed E-state index contributed by atoms with van der Waals surface area (Å²) < 4.78 is 101. The van der Waals surface area contributed by atoms with Crippen LogP contribution < -0.4 is 9.30 Å². The average molecular weight is 1390 g/mol. The van der Waals surface area contributed by atoms with Gasteiger partial charge in [-0.25, -0.2) is 4.98 Å². The van der Waals surface area contributed by atoms with E-state index in [0.717, 1.165) is 55.4 Å². The molecule has 0 aliphatic rings. The molecule has 10 aromatic carbocycles. The normalized spacial score (nSPS) is 13.9. The van der Waals surface area contributed by atoms with Crippen LogP contribution in [0.5, 0.6) is 11.5 Å². The van der Waals surface area contributed by atoms with Gasteiger partial charge in [-0.1, -0.05) is 261 Å². The molecule has 0 saturated heterocycles. The Morgan fingerprint density at radius 2 is 0.913 bits per heavy atom. The van der Waals surface area contributed by atoms with Crippen LogP contribution >= 0.6 is 0 Å². The third-order valence-corrected chi connectivity index (χ3v) is 17.3. The second-order valence-electron chi connectivity index (χ2n) is 29.2. The molecule has 0 amide bonds. The van der Waals surface area contributed by atoms with E-state index < -0.39 is 60.4 Å². The van der Waals surface area contributed by atoms with Crippen molar-refractivity contribution in [1.29, 1.82) is 0 Å². The van der Waals surface area contributed by atoms with Crippen LogP contribution in [0.4, 0.5) is 0 Å². The summed E-state index contributed by atoms with van der Waals surface area (Å²) in [5.41, 5.74) is 15.9. The van der Waals surface area contributed by atoms with Crippen molar-refractivity contribution in [3.05, 3.63) is 271 Å². The van der Waals surface area contributed by atoms with Crippen molar-refractivity contribution in [3.63, 3.8) is 0 Å². The van der Waals surface area contributed by atoms with Crippen LogP contribution in [0.1, 0.15) is 145 Å². The first-order valence-electron chi connectivity index (χ1n) is 36.3. The number of imidazole rings is 1. The van der Waals surface area contributed by atoms with Gasteiger partial charge in [0.25, 0.3) is 6.33 Å². The molecule has 464 valence electrons. The first kappa shape index (κ1) is 51.7. The molecular weight excluding hydrogens is 1300 g/mol. The Morgan fingerprint density at radius 1 is 0.413 bits per heavy atom. The van der Waals surface area contributed by atoms with E-state index in [-0.39, 0.29) is 76.1 Å². The molecule has 13 aromatic rings. The van der Waals surface area contributed by atoms with E-state index in [4.69, 9.17) is 23.4 Å². The van der Waals surface area contributed by atoms with Crippen LogP contribution in [-0.4, -0.2) is 14.1 Å². The van der Waals surface area contributed by atoms with Crippen molar-refractivity contribution >= 4 is 32.8 Å². The number of rotatable bonds is 10. The molecule has 0 radical (unpaired) electrons. The van der Waals surface area contributed by atoms with Gasteiger partial charge in [-0.3, -0.25) is 4.57 Å². The molecule has 5 nitrogen and oxygen atoms in total. The van der Waals surface area contributed by atoms with Gasteiger partial charge in [0.1, 0.15) is 5.82 Å². The quantitative estimate of drug-likeness (QED) is 0.101. The number of nitrogens with zero attached hydrogens (tertiary/aromatic N) is 4. The van der Waals surface area contributed by atoms with Gasteiger partial charge < -0.3 is 13.9 Å². The standard InChI is InChI=1S/C86H82N4O.Pt/c1-82(2,3)64-40-41-87-80(52-64)90-76-39-36-58(59-42-60(62-45-65(83(4,5)6)50-66(46-62)84(7,8)9)44-61(43-59)63-47-67(85(10,11)12)51-68(48-63)86(13,14)15)49-75(76)74-38-37-71(54-79(74)90)91-70-31-24-30-69(53-70)88-55-89(78-35-23-22-34-77(78)88)81-72(56-26-18-16-19-27-56)32-25-33-73(81)57-28-20-17-21-29-57;/h16-52H,1-15H3;/q-2;/i16D,17D,18D,19D,20D,21D,26D,27D,28D,29D;. The number of hydrogen-bond donors (Lipinski definition) is 0. The molecule has 0 aliphatic heterocycles. The third-order valence-electron chi connectivity index (χ3n) is 17.3. The molecule has 0 aliphatic carbocycles. The van der Waals surface area contributed by atoms with E-state index >= 15 is 0 Å². The number of para-hydroxylation sites is 3. The third kappa shape index (κ3) is 12.5. The van der Waals surface area contributed by atoms with E-state index in [1.54, 1.807) is 33.4 Å². The molecule has 0 spiro atoms. The molecule has 0 unspecified atom stereocenters. The Morgan fingerprint density at radius 3 is 1.46 bits per heavy atom. The molecule has 6 heteroatoms. The van der Waals surface area contributed by atoms with Crippen LogP contribution in [0.25, 0.3) is 106 Å². The fraction of sp³-hybridized carbons (Fsp3) is 0.233. The van der Waals surface area contributed by atoms with Gasteiger partial charge in [-0.05, 0) is 158 Å². The minimum absolute atomic E-state index is 0. The van der Waals surface area contributed by atoms with Gasteiger partial charge in [0.05, 0.1) is 30.4 Å². The van der Waals surface area contributed by atoms with Gasteiger partial charge >= 0.3 is 0 Å². The van der Waals surface area contributed by atoms with Crippen molar-refractivity contribution in [2.24, 2.45) is 0 Å². The molecule has 13 rings (SSSR count). The Labute approximate surface area is 573 Å². The topological polar surface area (TPSA) is 35.9 Å². The number of fused-ring (bicyclic) bond motifs is 4. The second kappa shape index (κ2) is 24.0. The summed E-state index contributed by atoms with van der Waals surface area (Å²) in [5, 5.41) is 1.95. The molecule has 0 fully saturated rings. The molecule has 3 heterocycles. The maximum Gasteiger partial charge on any atom is 0.268 e. The molecule has 0 N–H and O–H groups in total. The Kier molecular flexibility index (Phi) is 13.5. The summed E-state index contributed by atoms with van der Waals surface area (Å²) >= 11 is 0. The van der Waals surface area contributed by atoms with Gasteiger partial charge in [0, 0.05) is 44.3 Å². The maximum absolute atomic E-state index is 9.16. The summed E-state index contributed by atoms with van der Waals surface area (Å²) in [7, 11) is 0. The van der Waals surface area contributed by atoms with Crippen LogP contribution in [0, 0.1) is 18.5 Å². The molecule has 92 heavy (non-hydrogen) atoms. The van der Waals surface area contributed by atoms with Crippen molar-refractivity contribution in [2.75, 3.05) is 0 Å². The average Bonchev–Trinajstić information content (AvgIpc) is 1.38. The zero-order valence-electron chi connectivity index (χ0n) is 65.1. The Balaban J connectivity index is 0.00000982. The van der Waals surface area contributed by atoms with E-state index in [9.17, 15) is 0 Å². The smallest absolute Gasteiger partial charge is 0.268 e. The van der Waals surface area contributed by atoms with Crippen LogP contribution in [0.15, 0.2) is 224 Å². The largest absolute Gasteiger partial charge is 0.510 e. The fourth-order valence-electron chi connectivity index (χ4n) is 12.0.